The molecule has 1 unspecified atom stereocenters. The second-order valence-electron chi connectivity index (χ2n) is 5.37. The van der Waals surface area contributed by atoms with Gasteiger partial charge in [-0.2, -0.15) is 21.1 Å². The van der Waals surface area contributed by atoms with Crippen LogP contribution in [0, 0.1) is 0 Å². The van der Waals surface area contributed by atoms with Gasteiger partial charge in [0.2, 0.25) is 5.91 Å². The van der Waals surface area contributed by atoms with Crippen LogP contribution in [-0.2, 0) is 39.5 Å². The number of ether oxygens (including phenoxy) is 1. The van der Waals surface area contributed by atoms with E-state index in [1.165, 1.54) is 30.3 Å². The molecule has 1 aliphatic rings. The maximum absolute atomic E-state index is 12.4. The second-order valence-corrected chi connectivity index (χ2v) is 8.16. The minimum Gasteiger partial charge on any atom is -1.00 e. The van der Waals surface area contributed by atoms with Gasteiger partial charge in [0.25, 0.3) is 16.0 Å². The molecule has 1 heterocycles. The Morgan fingerprint density at radius 2 is 1.66 bits per heavy atom. The van der Waals surface area contributed by atoms with Crippen LogP contribution in [0.25, 0.3) is 0 Å². The molecule has 152 valence electrons. The zero-order chi connectivity index (χ0) is 20.6. The topological polar surface area (TPSA) is 184 Å². The third-order valence-electron chi connectivity index (χ3n) is 3.68. The van der Waals surface area contributed by atoms with E-state index >= 15 is 0 Å². The summed E-state index contributed by atoms with van der Waals surface area (Å²) in [7, 11) is -9.22. The molecule has 1 aromatic carbocycles. The third-order valence-corrected chi connectivity index (χ3v) is 5.67. The van der Waals surface area contributed by atoms with E-state index in [0.29, 0.717) is 0 Å². The number of hydrogen-bond acceptors (Lipinski definition) is 8. The van der Waals surface area contributed by atoms with Gasteiger partial charge in [-0.05, 0) is 5.56 Å². The first-order chi connectivity index (χ1) is 12.4. The molecule has 2 amide bonds. The zero-order valence-corrected chi connectivity index (χ0v) is 21.2. The molecule has 1 saturated heterocycles. The second kappa shape index (κ2) is 10.7. The number of amides is 2. The maximum Gasteiger partial charge on any atom is 1.00 e. The Bertz CT molecular complexity index is 995. The third kappa shape index (κ3) is 6.22. The average molecular weight is 470 g/mol. The van der Waals surface area contributed by atoms with E-state index in [-0.39, 0.29) is 71.8 Å². The van der Waals surface area contributed by atoms with Crippen LogP contribution in [0.4, 0.5) is 0 Å². The molecule has 29 heavy (non-hydrogen) atoms. The summed E-state index contributed by atoms with van der Waals surface area (Å²) < 4.78 is 68.1. The monoisotopic (exact) mass is 470 g/mol. The minimum atomic E-state index is -5.13. The van der Waals surface area contributed by atoms with Gasteiger partial charge in [0, 0.05) is 0 Å². The molecule has 0 radical (unpaired) electrons. The summed E-state index contributed by atoms with van der Waals surface area (Å²) in [5.74, 6) is -4.05. The number of nitrogens with zero attached hydrogens (tertiary/aromatic N) is 1. The summed E-state index contributed by atoms with van der Waals surface area (Å²) in [5, 5.41) is -0.242. The SMILES string of the molecule is COC(=O)[C@H]1[C@@H](NC(=O)C(c2ccccc2)S(=O)(=O)O)C(=O)N1S(=O)(=O)O.[H-].[H-].[Na+].[Na+]. The van der Waals surface area contributed by atoms with Gasteiger partial charge in [0.05, 0.1) is 7.11 Å². The van der Waals surface area contributed by atoms with Gasteiger partial charge in [-0.25, -0.2) is 4.79 Å². The Morgan fingerprint density at radius 3 is 2.07 bits per heavy atom. The first-order valence-electron chi connectivity index (χ1n) is 7.09. The van der Waals surface area contributed by atoms with E-state index in [4.69, 9.17) is 4.55 Å². The smallest absolute Gasteiger partial charge is 1.00 e. The van der Waals surface area contributed by atoms with Crippen LogP contribution in [0.5, 0.6) is 0 Å². The van der Waals surface area contributed by atoms with Crippen LogP contribution in [0.2, 0.25) is 0 Å². The Labute approximate surface area is 213 Å². The fraction of sp³-hybridized carbons (Fsp3) is 0.308. The maximum atomic E-state index is 12.4. The van der Waals surface area contributed by atoms with Crippen LogP contribution in [0.15, 0.2) is 30.3 Å². The van der Waals surface area contributed by atoms with Crippen molar-refractivity contribution in [2.45, 2.75) is 17.3 Å². The van der Waals surface area contributed by atoms with Gasteiger partial charge in [0.1, 0.15) is 6.04 Å². The number of benzene rings is 1. The molecule has 0 aromatic heterocycles. The molecule has 16 heteroatoms. The van der Waals surface area contributed by atoms with Crippen LogP contribution >= 0.6 is 0 Å². The minimum absolute atomic E-state index is 0. The van der Waals surface area contributed by atoms with Crippen LogP contribution in [0.1, 0.15) is 13.7 Å². The van der Waals surface area contributed by atoms with Gasteiger partial charge in [-0.1, -0.05) is 30.3 Å². The van der Waals surface area contributed by atoms with Crippen molar-refractivity contribution in [3.05, 3.63) is 35.9 Å². The molecule has 12 nitrogen and oxygen atoms in total. The Morgan fingerprint density at radius 1 is 1.14 bits per heavy atom. The molecule has 3 N–H and O–H groups in total. The molecule has 0 saturated carbocycles. The number of methoxy groups -OCH3 is 1. The molecular weight excluding hydrogens is 454 g/mol. The summed E-state index contributed by atoms with van der Waals surface area (Å²) in [5.41, 5.74) is -0.134. The van der Waals surface area contributed by atoms with Crippen LogP contribution in [-0.4, -0.2) is 67.2 Å². The van der Waals surface area contributed by atoms with E-state index in [9.17, 15) is 35.8 Å². The van der Waals surface area contributed by atoms with Crippen molar-refractivity contribution in [2.75, 3.05) is 7.11 Å². The van der Waals surface area contributed by atoms with Gasteiger partial charge in [0.15, 0.2) is 11.3 Å². The standard InChI is InChI=1S/C13H14N2O10S2.2Na.2H/c1-25-13(18)9-8(12(17)15(9)27(22,23)24)14-11(16)10(26(19,20)21)7-5-3-2-4-6-7;;;;/h2-6,8-10H,1H3,(H,14,16)(H,19,20,21)(H,22,23,24);;;;/q;2*+1;2*-1/t8-,9-,10?;;;;/m1..../s1. The molecule has 1 aromatic rings. The number of hydrogen-bond donors (Lipinski definition) is 3. The summed E-state index contributed by atoms with van der Waals surface area (Å²) in [6.45, 7) is 0. The van der Waals surface area contributed by atoms with Crippen molar-refractivity contribution in [3.8, 4) is 0 Å². The van der Waals surface area contributed by atoms with E-state index in [0.717, 1.165) is 7.11 Å². The summed E-state index contributed by atoms with van der Waals surface area (Å²) in [6, 6.07) is 3.01. The van der Waals surface area contributed by atoms with Gasteiger partial charge in [-0.3, -0.25) is 18.7 Å². The molecule has 2 rings (SSSR count). The number of rotatable bonds is 6. The first kappa shape index (κ1) is 28.5. The predicted molar refractivity (Wildman–Crippen MR) is 89.1 cm³/mol. The quantitative estimate of drug-likeness (QED) is 0.156. The van der Waals surface area contributed by atoms with Gasteiger partial charge < -0.3 is 12.9 Å². The van der Waals surface area contributed by atoms with Gasteiger partial charge >= 0.3 is 75.4 Å². The van der Waals surface area contributed by atoms with Crippen molar-refractivity contribution >= 4 is 38.2 Å². The van der Waals surface area contributed by atoms with Crippen LogP contribution < -0.4 is 64.4 Å². The predicted octanol–water partition coefficient (Wildman–Crippen LogP) is -7.48. The fourth-order valence-electron chi connectivity index (χ4n) is 2.53. The van der Waals surface area contributed by atoms with E-state index in [2.05, 4.69) is 4.74 Å². The normalized spacial score (nSPS) is 19.7. The fourth-order valence-corrected chi connectivity index (χ4v) is 4.20. The Hall–Kier alpha value is -0.550. The average Bonchev–Trinajstić information content (AvgIpc) is 2.55. The molecule has 1 aliphatic heterocycles. The Balaban J connectivity index is -0.00000196. The summed E-state index contributed by atoms with van der Waals surface area (Å²) in [6.07, 6.45) is 0. The molecule has 0 bridgehead atoms. The van der Waals surface area contributed by atoms with Crippen molar-refractivity contribution in [2.24, 2.45) is 0 Å². The summed E-state index contributed by atoms with van der Waals surface area (Å²) in [4.78, 5) is 36.0. The van der Waals surface area contributed by atoms with Crippen molar-refractivity contribution in [1.82, 2.24) is 9.62 Å². The molecule has 0 spiro atoms. The number of esters is 1. The number of carbonyl (C=O) groups excluding carboxylic acids is 3. The zero-order valence-electron chi connectivity index (χ0n) is 17.5. The number of β-lactam (4-membered cyclic amide) rings is 1. The van der Waals surface area contributed by atoms with E-state index in [1.54, 1.807) is 0 Å². The molecule has 0 aliphatic carbocycles. The van der Waals surface area contributed by atoms with Crippen molar-refractivity contribution in [3.63, 3.8) is 0 Å². The first-order valence-corrected chi connectivity index (χ1v) is 9.99. The van der Waals surface area contributed by atoms with E-state index < -0.39 is 55.5 Å². The van der Waals surface area contributed by atoms with Crippen molar-refractivity contribution < 1.29 is 107 Å². The summed E-state index contributed by atoms with van der Waals surface area (Å²) >= 11 is 0. The molecule has 3 atom stereocenters. The number of carbonyl (C=O) groups is 3. The van der Waals surface area contributed by atoms with Crippen molar-refractivity contribution in [1.29, 1.82) is 0 Å². The van der Waals surface area contributed by atoms with Crippen LogP contribution in [0.3, 0.4) is 0 Å². The van der Waals surface area contributed by atoms with Gasteiger partial charge in [-0.15, -0.1) is 0 Å². The molecular formula is C13H16N2Na2O10S2. The number of nitrogens with one attached hydrogen (secondary N) is 1. The largest absolute Gasteiger partial charge is 1.00 e. The molecule has 1 fully saturated rings. The Kier molecular flexibility index (Phi) is 10.5. The van der Waals surface area contributed by atoms with E-state index in [1.807, 2.05) is 5.32 Å².